The van der Waals surface area contributed by atoms with Gasteiger partial charge in [0.15, 0.2) is 0 Å². The van der Waals surface area contributed by atoms with E-state index in [1.807, 2.05) is 144 Å². The quantitative estimate of drug-likeness (QED) is 0.0267. The molecule has 0 saturated heterocycles. The van der Waals surface area contributed by atoms with Crippen LogP contribution in [0.3, 0.4) is 0 Å². The van der Waals surface area contributed by atoms with Crippen LogP contribution in [0.2, 0.25) is 0 Å². The van der Waals surface area contributed by atoms with Crippen molar-refractivity contribution in [2.24, 2.45) is 0 Å². The molecule has 0 saturated carbocycles. The smallest absolute Gasteiger partial charge is 0.343 e. The van der Waals surface area contributed by atoms with E-state index in [9.17, 15) is 39.6 Å². The predicted molar refractivity (Wildman–Crippen MR) is 408 cm³/mol. The van der Waals surface area contributed by atoms with Gasteiger partial charge in [-0.1, -0.05) is 220 Å². The highest BCUT2D eigenvalue weighted by Gasteiger charge is 2.31. The Labute approximate surface area is 608 Å². The third-order valence-corrected chi connectivity index (χ3v) is 18.0. The average molecular weight is 1400 g/mol. The Balaban J connectivity index is 0.000000342. The van der Waals surface area contributed by atoms with Gasteiger partial charge in [0.25, 0.3) is 0 Å². The van der Waals surface area contributed by atoms with Crippen LogP contribution in [0.25, 0.3) is 0 Å². The van der Waals surface area contributed by atoms with Gasteiger partial charge in [-0.2, -0.15) is 0 Å². The molecule has 102 heavy (non-hydrogen) atoms. The normalized spacial score (nSPS) is 12.2. The molecule has 14 heteroatoms. The first-order chi connectivity index (χ1) is 47.1. The zero-order chi connectivity index (χ0) is 76.4. The summed E-state index contributed by atoms with van der Waals surface area (Å²) in [4.78, 5) is 52.2. The number of ether oxygens (including phenoxy) is 6. The molecule has 0 radical (unpaired) electrons. The number of benzene rings is 7. The highest BCUT2D eigenvalue weighted by Crippen LogP contribution is 2.44. The van der Waals surface area contributed by atoms with Gasteiger partial charge in [0.1, 0.15) is 47.7 Å². The summed E-state index contributed by atoms with van der Waals surface area (Å²) < 4.78 is 34.0. The van der Waals surface area contributed by atoms with Crippen LogP contribution in [0.4, 0.5) is 0 Å². The molecule has 0 unspecified atom stereocenters. The second kappa shape index (κ2) is 33.8. The summed E-state index contributed by atoms with van der Waals surface area (Å²) in [6.07, 6.45) is 2.32. The van der Waals surface area contributed by atoms with Crippen LogP contribution in [0.1, 0.15) is 258 Å². The summed E-state index contributed by atoms with van der Waals surface area (Å²) >= 11 is 0. The average Bonchev–Trinajstić information content (AvgIpc) is 0.784. The Morgan fingerprint density at radius 3 is 0.882 bits per heavy atom. The van der Waals surface area contributed by atoms with Gasteiger partial charge >= 0.3 is 23.9 Å². The van der Waals surface area contributed by atoms with Gasteiger partial charge in [0, 0.05) is 47.9 Å². The lowest BCUT2D eigenvalue weighted by atomic mass is 9.81. The van der Waals surface area contributed by atoms with Crippen LogP contribution in [0.5, 0.6) is 34.5 Å². The van der Waals surface area contributed by atoms with E-state index in [0.29, 0.717) is 61.9 Å². The fourth-order valence-corrected chi connectivity index (χ4v) is 12.4. The predicted octanol–water partition coefficient (Wildman–Crippen LogP) is 19.1. The number of aromatic hydroxyl groups is 4. The summed E-state index contributed by atoms with van der Waals surface area (Å²) in [5, 5.41) is 43.7. The molecule has 7 aromatic carbocycles. The van der Waals surface area contributed by atoms with Crippen LogP contribution in [-0.2, 0) is 86.7 Å². The summed E-state index contributed by atoms with van der Waals surface area (Å²) in [5.41, 5.74) is 15.0. The largest absolute Gasteiger partial charge is 0.507 e. The molecule has 0 amide bonds. The Morgan fingerprint density at radius 2 is 0.588 bits per heavy atom. The Morgan fingerprint density at radius 1 is 0.324 bits per heavy atom. The molecule has 0 heterocycles. The van der Waals surface area contributed by atoms with Gasteiger partial charge < -0.3 is 48.8 Å². The van der Waals surface area contributed by atoms with Crippen molar-refractivity contribution in [2.45, 2.75) is 237 Å². The van der Waals surface area contributed by atoms with E-state index in [-0.39, 0.29) is 106 Å². The highest BCUT2D eigenvalue weighted by atomic mass is 16.6. The van der Waals surface area contributed by atoms with Crippen LogP contribution in [0.15, 0.2) is 97.1 Å². The number of hydrogen-bond donors (Lipinski definition) is 4. The van der Waals surface area contributed by atoms with Gasteiger partial charge in [-0.15, -0.1) is 0 Å². The molecule has 0 bridgehead atoms. The van der Waals surface area contributed by atoms with E-state index in [1.165, 1.54) is 0 Å². The fraction of sp³-hybridized carbons (Fsp3) is 0.477. The molecule has 4 N–H and O–H groups in total. The van der Waals surface area contributed by atoms with E-state index >= 15 is 0 Å². The summed E-state index contributed by atoms with van der Waals surface area (Å²) in [6.45, 7) is 50.6. The standard InChI is InChI=1S/C54H66O6.C34H50O8/c1-31-21-37(45(55)41(25-31)51(5,6)7)29-39-23-33(3)27-43(53(11,12)13)47(39)59-49(57)35-17-19-36(20-18-35)50(58)60-48-40(24-34(4)28-44(48)54(14,15)16)30-38-22-32(2)26-42(46(38)56)52(8,9)10;1-23-19-25(21-27(31(23)37)33(3,4)5)9-11-29(35)41-17-15-39-13-14-40-16-18-42-30(36)12-10-26-20-24(2)32(38)28(22-26)34(6,7)8/h17-28,55-56H,29-30H2,1-16H3;19-22,37-38H,9-18H2,1-8H3. The zero-order valence-electron chi connectivity index (χ0n) is 65.6. The molecule has 0 fully saturated rings. The van der Waals surface area contributed by atoms with Crippen molar-refractivity contribution in [2.75, 3.05) is 39.6 Å². The number of aryl methyl sites for hydroxylation is 8. The first-order valence-electron chi connectivity index (χ1n) is 35.7. The number of carbonyl (C=O) groups excluding carboxylic acids is 4. The Bertz CT molecular complexity index is 3860. The van der Waals surface area contributed by atoms with Gasteiger partial charge in [0.05, 0.1) is 37.6 Å². The number of phenols is 4. The molecule has 7 aromatic rings. The third-order valence-electron chi connectivity index (χ3n) is 18.0. The maximum Gasteiger partial charge on any atom is 0.343 e. The first kappa shape index (κ1) is 82.5. The Kier molecular flexibility index (Phi) is 27.3. The maximum atomic E-state index is 14.0. The number of esters is 4. The van der Waals surface area contributed by atoms with Crippen LogP contribution < -0.4 is 9.47 Å². The van der Waals surface area contributed by atoms with Crippen molar-refractivity contribution in [3.63, 3.8) is 0 Å². The van der Waals surface area contributed by atoms with Gasteiger partial charge in [0.2, 0.25) is 0 Å². The SMILES string of the molecule is Cc1cc(CCC(=O)OCCOCCOCCOC(=O)CCc2cc(C)c(O)c(C(C)(C)C)c2)cc(C(C)(C)C)c1O.Cc1cc(Cc2cc(C)cc(C(C)(C)C)c2OC(=O)c2ccc(C(=O)Oc3c(Cc4cc(C)cc(C(C)(C)C)c4O)cc(C)cc3C(C)(C)C)cc2)c(O)c(C(C)(C)C)c1. The minimum Gasteiger partial charge on any atom is -0.507 e. The molecule has 0 aliphatic carbocycles. The lowest BCUT2D eigenvalue weighted by molar-refractivity contribution is -0.146. The Hall–Kier alpha value is -8.46. The van der Waals surface area contributed by atoms with Gasteiger partial charge in [-0.05, 0) is 167 Å². The van der Waals surface area contributed by atoms with Crippen molar-refractivity contribution < 1.29 is 68.0 Å². The van der Waals surface area contributed by atoms with Gasteiger partial charge in [-0.25, -0.2) is 9.59 Å². The second-order valence-electron chi connectivity index (χ2n) is 33.7. The molecule has 0 aliphatic rings. The zero-order valence-corrected chi connectivity index (χ0v) is 65.6. The van der Waals surface area contributed by atoms with E-state index in [2.05, 4.69) is 95.2 Å². The van der Waals surface area contributed by atoms with Crippen LogP contribution in [-0.4, -0.2) is 83.9 Å². The molecule has 0 atom stereocenters. The van der Waals surface area contributed by atoms with Crippen molar-refractivity contribution in [3.8, 4) is 34.5 Å². The minimum atomic E-state index is -0.558. The molecular formula is C88H116O14. The van der Waals surface area contributed by atoms with Crippen LogP contribution >= 0.6 is 0 Å². The first-order valence-corrected chi connectivity index (χ1v) is 35.7. The fourth-order valence-electron chi connectivity index (χ4n) is 12.4. The van der Waals surface area contributed by atoms with Crippen molar-refractivity contribution in [1.29, 1.82) is 0 Å². The lowest BCUT2D eigenvalue weighted by Crippen LogP contribution is -2.19. The van der Waals surface area contributed by atoms with Gasteiger partial charge in [-0.3, -0.25) is 9.59 Å². The maximum absolute atomic E-state index is 14.0. The number of carbonyl (C=O) groups is 4. The monoisotopic (exact) mass is 1400 g/mol. The lowest BCUT2D eigenvalue weighted by Gasteiger charge is -2.26. The molecule has 0 spiro atoms. The summed E-state index contributed by atoms with van der Waals surface area (Å²) in [7, 11) is 0. The number of hydrogen-bond acceptors (Lipinski definition) is 14. The molecular weight excluding hydrogens is 1280 g/mol. The van der Waals surface area contributed by atoms with Crippen molar-refractivity contribution >= 4 is 23.9 Å². The molecule has 0 aliphatic heterocycles. The molecule has 0 aromatic heterocycles. The summed E-state index contributed by atoms with van der Waals surface area (Å²) in [6, 6.07) is 30.3. The number of rotatable bonds is 23. The summed E-state index contributed by atoms with van der Waals surface area (Å²) in [5.74, 6) is 0.348. The minimum absolute atomic E-state index is 0.163. The number of phenolic OH excluding ortho intramolecular Hbond substituents is 4. The van der Waals surface area contributed by atoms with E-state index in [4.69, 9.17) is 28.4 Å². The third kappa shape index (κ3) is 23.0. The van der Waals surface area contributed by atoms with Crippen LogP contribution in [0, 0.1) is 41.5 Å². The van der Waals surface area contributed by atoms with E-state index < -0.39 is 11.9 Å². The van der Waals surface area contributed by atoms with E-state index in [0.717, 1.165) is 100 Å². The molecule has 14 nitrogen and oxygen atoms in total. The van der Waals surface area contributed by atoms with Crippen molar-refractivity contribution in [3.05, 3.63) is 208 Å². The molecule has 552 valence electrons. The highest BCUT2D eigenvalue weighted by molar-refractivity contribution is 5.95. The van der Waals surface area contributed by atoms with E-state index in [1.54, 1.807) is 24.3 Å². The van der Waals surface area contributed by atoms with Crippen molar-refractivity contribution in [1.82, 2.24) is 0 Å². The second-order valence-corrected chi connectivity index (χ2v) is 33.7. The topological polar surface area (TPSA) is 205 Å². The molecule has 7 rings (SSSR count).